The fourth-order valence-electron chi connectivity index (χ4n) is 2.46. The molecule has 2 N–H and O–H groups in total. The zero-order chi connectivity index (χ0) is 15.5. The summed E-state index contributed by atoms with van der Waals surface area (Å²) in [7, 11) is -3.56. The SMILES string of the molecule is CCN1CCCC(NS(=O)(=O)c2ccc(CC(=O)O)s2)C1. The van der Waals surface area contributed by atoms with Crippen LogP contribution in [0, 0.1) is 0 Å². The number of carboxylic acid groups (broad SMARTS) is 1. The van der Waals surface area contributed by atoms with Gasteiger partial charge in [-0.2, -0.15) is 0 Å². The zero-order valence-corrected chi connectivity index (χ0v) is 13.5. The van der Waals surface area contributed by atoms with Crippen molar-refractivity contribution < 1.29 is 18.3 Å². The van der Waals surface area contributed by atoms with Crippen molar-refractivity contribution in [1.82, 2.24) is 9.62 Å². The van der Waals surface area contributed by atoms with E-state index < -0.39 is 16.0 Å². The third-order valence-electron chi connectivity index (χ3n) is 3.50. The van der Waals surface area contributed by atoms with Crippen LogP contribution in [-0.2, 0) is 21.2 Å². The number of sulfonamides is 1. The Kier molecular flexibility index (Phi) is 5.37. The van der Waals surface area contributed by atoms with Crippen LogP contribution in [0.1, 0.15) is 24.6 Å². The predicted molar refractivity (Wildman–Crippen MR) is 81.1 cm³/mol. The number of likely N-dealkylation sites (N-methyl/N-ethyl adjacent to an activating group) is 1. The molecule has 21 heavy (non-hydrogen) atoms. The smallest absolute Gasteiger partial charge is 0.308 e. The van der Waals surface area contributed by atoms with Crippen molar-refractivity contribution in [2.24, 2.45) is 0 Å². The van der Waals surface area contributed by atoms with Crippen molar-refractivity contribution in [3.8, 4) is 0 Å². The van der Waals surface area contributed by atoms with Gasteiger partial charge in [0, 0.05) is 17.5 Å². The molecule has 0 spiro atoms. The molecule has 0 aliphatic carbocycles. The normalized spacial score (nSPS) is 20.5. The standard InChI is InChI=1S/C13H20N2O4S2/c1-2-15-7-3-4-10(9-15)14-21(18,19)13-6-5-11(20-13)8-12(16)17/h5-6,10,14H,2-4,7-9H2,1H3,(H,16,17). The Morgan fingerprint density at radius 1 is 1.52 bits per heavy atom. The lowest BCUT2D eigenvalue weighted by atomic mass is 10.1. The highest BCUT2D eigenvalue weighted by atomic mass is 32.2. The summed E-state index contributed by atoms with van der Waals surface area (Å²) in [6, 6.07) is 2.96. The maximum Gasteiger partial charge on any atom is 0.308 e. The molecule has 1 aliphatic heterocycles. The van der Waals surface area contributed by atoms with Gasteiger partial charge in [0.25, 0.3) is 0 Å². The van der Waals surface area contributed by atoms with Gasteiger partial charge >= 0.3 is 5.97 Å². The van der Waals surface area contributed by atoms with Crippen LogP contribution in [0.5, 0.6) is 0 Å². The number of piperidine rings is 1. The Hall–Kier alpha value is -0.960. The van der Waals surface area contributed by atoms with Crippen molar-refractivity contribution in [2.45, 2.75) is 36.4 Å². The summed E-state index contributed by atoms with van der Waals surface area (Å²) in [4.78, 5) is 13.4. The summed E-state index contributed by atoms with van der Waals surface area (Å²) in [6.07, 6.45) is 1.67. The molecule has 1 aliphatic rings. The maximum absolute atomic E-state index is 12.3. The van der Waals surface area contributed by atoms with E-state index >= 15 is 0 Å². The third kappa shape index (κ3) is 4.50. The lowest BCUT2D eigenvalue weighted by molar-refractivity contribution is -0.136. The highest BCUT2D eigenvalue weighted by molar-refractivity contribution is 7.91. The first-order valence-electron chi connectivity index (χ1n) is 6.96. The van der Waals surface area contributed by atoms with E-state index in [2.05, 4.69) is 16.5 Å². The van der Waals surface area contributed by atoms with Crippen LogP contribution >= 0.6 is 11.3 Å². The summed E-state index contributed by atoms with van der Waals surface area (Å²) in [5, 5.41) is 8.73. The van der Waals surface area contributed by atoms with Crippen LogP contribution in [-0.4, -0.2) is 50.1 Å². The Labute approximate surface area is 128 Å². The van der Waals surface area contributed by atoms with Gasteiger partial charge in [-0.3, -0.25) is 4.79 Å². The molecule has 1 atom stereocenters. The molecule has 2 heterocycles. The molecule has 1 aromatic heterocycles. The van der Waals surface area contributed by atoms with Crippen LogP contribution in [0.2, 0.25) is 0 Å². The van der Waals surface area contributed by atoms with Crippen molar-refractivity contribution >= 4 is 27.3 Å². The number of nitrogens with zero attached hydrogens (tertiary/aromatic N) is 1. The average molecular weight is 332 g/mol. The highest BCUT2D eigenvalue weighted by Crippen LogP contribution is 2.23. The molecule has 0 radical (unpaired) electrons. The fourth-order valence-corrected chi connectivity index (χ4v) is 5.09. The number of likely N-dealkylation sites (tertiary alicyclic amines) is 1. The molecule has 0 aromatic carbocycles. The molecule has 1 unspecified atom stereocenters. The molecule has 1 aromatic rings. The number of thiophene rings is 1. The zero-order valence-electron chi connectivity index (χ0n) is 11.9. The van der Waals surface area contributed by atoms with E-state index in [0.29, 0.717) is 4.88 Å². The van der Waals surface area contributed by atoms with Crippen LogP contribution in [0.3, 0.4) is 0 Å². The number of hydrogen-bond acceptors (Lipinski definition) is 5. The van der Waals surface area contributed by atoms with E-state index in [-0.39, 0.29) is 16.7 Å². The second-order valence-corrected chi connectivity index (χ2v) is 8.25. The Morgan fingerprint density at radius 2 is 2.29 bits per heavy atom. The van der Waals surface area contributed by atoms with Gasteiger partial charge in [0.2, 0.25) is 10.0 Å². The largest absolute Gasteiger partial charge is 0.481 e. The molecule has 118 valence electrons. The minimum absolute atomic E-state index is 0.0753. The predicted octanol–water partition coefficient (Wildman–Crippen LogP) is 1.14. The fraction of sp³-hybridized carbons (Fsp3) is 0.615. The molecular formula is C13H20N2O4S2. The van der Waals surface area contributed by atoms with Gasteiger partial charge in [-0.1, -0.05) is 6.92 Å². The van der Waals surface area contributed by atoms with Crippen LogP contribution < -0.4 is 4.72 Å². The molecule has 1 saturated heterocycles. The molecular weight excluding hydrogens is 312 g/mol. The Bertz CT molecular complexity index is 597. The van der Waals surface area contributed by atoms with Crippen LogP contribution in [0.25, 0.3) is 0 Å². The number of nitrogens with one attached hydrogen (secondary N) is 1. The van der Waals surface area contributed by atoms with Gasteiger partial charge in [0.05, 0.1) is 6.42 Å². The molecule has 8 heteroatoms. The lowest BCUT2D eigenvalue weighted by Gasteiger charge is -2.31. The van der Waals surface area contributed by atoms with Gasteiger partial charge in [0.15, 0.2) is 0 Å². The van der Waals surface area contributed by atoms with E-state index in [1.165, 1.54) is 6.07 Å². The Balaban J connectivity index is 2.04. The summed E-state index contributed by atoms with van der Waals surface area (Å²) >= 11 is 1.02. The monoisotopic (exact) mass is 332 g/mol. The van der Waals surface area contributed by atoms with Crippen molar-refractivity contribution in [3.05, 3.63) is 17.0 Å². The van der Waals surface area contributed by atoms with Crippen LogP contribution in [0.15, 0.2) is 16.3 Å². The highest BCUT2D eigenvalue weighted by Gasteiger charge is 2.25. The van der Waals surface area contributed by atoms with Gasteiger partial charge in [0.1, 0.15) is 4.21 Å². The Morgan fingerprint density at radius 3 is 2.95 bits per heavy atom. The van der Waals surface area contributed by atoms with Crippen LogP contribution in [0.4, 0.5) is 0 Å². The molecule has 0 saturated carbocycles. The molecule has 0 amide bonds. The minimum Gasteiger partial charge on any atom is -0.481 e. The quantitative estimate of drug-likeness (QED) is 0.816. The van der Waals surface area contributed by atoms with Gasteiger partial charge in [-0.15, -0.1) is 11.3 Å². The summed E-state index contributed by atoms with van der Waals surface area (Å²) in [6.45, 7) is 4.72. The molecule has 6 nitrogen and oxygen atoms in total. The van der Waals surface area contributed by atoms with Gasteiger partial charge in [-0.25, -0.2) is 13.1 Å². The number of carboxylic acids is 1. The van der Waals surface area contributed by atoms with Crippen molar-refractivity contribution in [1.29, 1.82) is 0 Å². The second kappa shape index (κ2) is 6.87. The topological polar surface area (TPSA) is 86.7 Å². The molecule has 0 bridgehead atoms. The van der Waals surface area contributed by atoms with Crippen molar-refractivity contribution in [2.75, 3.05) is 19.6 Å². The van der Waals surface area contributed by atoms with Gasteiger partial charge in [-0.05, 0) is 38.1 Å². The minimum atomic E-state index is -3.56. The first-order valence-corrected chi connectivity index (χ1v) is 9.26. The average Bonchev–Trinajstić information content (AvgIpc) is 2.87. The number of carbonyl (C=O) groups is 1. The van der Waals surface area contributed by atoms with E-state index in [1.54, 1.807) is 6.07 Å². The first kappa shape index (κ1) is 16.4. The summed E-state index contributed by atoms with van der Waals surface area (Å²) in [5.74, 6) is -0.959. The summed E-state index contributed by atoms with van der Waals surface area (Å²) in [5.41, 5.74) is 0. The molecule has 2 rings (SSSR count). The van der Waals surface area contributed by atoms with Crippen molar-refractivity contribution in [3.63, 3.8) is 0 Å². The third-order valence-corrected chi connectivity index (χ3v) is 6.60. The first-order chi connectivity index (χ1) is 9.90. The number of hydrogen-bond donors (Lipinski definition) is 2. The van der Waals surface area contributed by atoms with E-state index in [9.17, 15) is 13.2 Å². The van der Waals surface area contributed by atoms with E-state index in [1.807, 2.05) is 0 Å². The second-order valence-electron chi connectivity index (χ2n) is 5.14. The van der Waals surface area contributed by atoms with Gasteiger partial charge < -0.3 is 10.0 Å². The van der Waals surface area contributed by atoms with E-state index in [0.717, 1.165) is 43.8 Å². The maximum atomic E-state index is 12.3. The molecule has 1 fully saturated rings. The van der Waals surface area contributed by atoms with E-state index in [4.69, 9.17) is 5.11 Å². The summed E-state index contributed by atoms with van der Waals surface area (Å²) < 4.78 is 27.6. The number of aliphatic carboxylic acids is 1. The number of rotatable bonds is 6. The lowest BCUT2D eigenvalue weighted by Crippen LogP contribution is -2.47.